The van der Waals surface area contributed by atoms with Crippen LogP contribution in [0.4, 0.5) is 9.18 Å². The molecule has 0 radical (unpaired) electrons. The van der Waals surface area contributed by atoms with Gasteiger partial charge in [-0.1, -0.05) is 60.7 Å². The molecule has 0 aromatic heterocycles. The fourth-order valence-electron chi connectivity index (χ4n) is 3.92. The summed E-state index contributed by atoms with van der Waals surface area (Å²) < 4.78 is 24.1. The van der Waals surface area contributed by atoms with Crippen LogP contribution < -0.4 is 10.1 Å². The molecule has 0 heterocycles. The van der Waals surface area contributed by atoms with Crippen molar-refractivity contribution >= 4 is 12.2 Å². The number of benzene rings is 3. The van der Waals surface area contributed by atoms with Gasteiger partial charge in [-0.25, -0.2) is 9.18 Å². The van der Waals surface area contributed by atoms with Crippen LogP contribution in [0, 0.1) is 5.82 Å². The zero-order chi connectivity index (χ0) is 21.6. The zero-order valence-corrected chi connectivity index (χ0v) is 17.3. The van der Waals surface area contributed by atoms with E-state index in [4.69, 9.17) is 9.47 Å². The average molecular weight is 417 g/mol. The van der Waals surface area contributed by atoms with Crippen molar-refractivity contribution in [1.82, 2.24) is 5.32 Å². The van der Waals surface area contributed by atoms with Gasteiger partial charge in [0.1, 0.15) is 18.2 Å². The zero-order valence-electron chi connectivity index (χ0n) is 17.3. The second-order valence-electron chi connectivity index (χ2n) is 7.37. The van der Waals surface area contributed by atoms with E-state index in [-0.39, 0.29) is 11.7 Å². The number of alkyl carbamates (subject to hydrolysis) is 1. The lowest BCUT2D eigenvalue weighted by atomic mass is 9.98. The third kappa shape index (κ3) is 4.77. The molecule has 3 aromatic rings. The SMILES string of the molecule is COc1cc(F)cc(C=CCCNC(=O)OCC2c3ccccc3-c3ccccc32)c1. The molecule has 0 atom stereocenters. The molecule has 0 saturated heterocycles. The highest BCUT2D eigenvalue weighted by Gasteiger charge is 2.28. The summed E-state index contributed by atoms with van der Waals surface area (Å²) in [6.07, 6.45) is 3.83. The Hall–Kier alpha value is -3.60. The maximum Gasteiger partial charge on any atom is 0.407 e. The smallest absolute Gasteiger partial charge is 0.407 e. The molecule has 0 fully saturated rings. The van der Waals surface area contributed by atoms with E-state index in [0.29, 0.717) is 30.9 Å². The molecule has 0 unspecified atom stereocenters. The molecule has 4 nitrogen and oxygen atoms in total. The van der Waals surface area contributed by atoms with Crippen LogP contribution in [0.15, 0.2) is 72.8 Å². The van der Waals surface area contributed by atoms with E-state index in [1.54, 1.807) is 12.1 Å². The van der Waals surface area contributed by atoms with Crippen molar-refractivity contribution in [1.29, 1.82) is 0 Å². The highest BCUT2D eigenvalue weighted by Crippen LogP contribution is 2.44. The topological polar surface area (TPSA) is 47.6 Å². The molecule has 3 aromatic carbocycles. The Bertz CT molecular complexity index is 1060. The number of methoxy groups -OCH3 is 1. The van der Waals surface area contributed by atoms with Gasteiger partial charge < -0.3 is 14.8 Å². The third-order valence-electron chi connectivity index (χ3n) is 5.36. The lowest BCUT2D eigenvalue weighted by Gasteiger charge is -2.14. The van der Waals surface area contributed by atoms with Crippen LogP contribution in [0.25, 0.3) is 17.2 Å². The quantitative estimate of drug-likeness (QED) is 0.496. The minimum atomic E-state index is -0.442. The monoisotopic (exact) mass is 417 g/mol. The number of hydrogen-bond acceptors (Lipinski definition) is 3. The Balaban J connectivity index is 1.27. The predicted octanol–water partition coefficient (Wildman–Crippen LogP) is 5.78. The molecular formula is C26H24FNO3. The summed E-state index contributed by atoms with van der Waals surface area (Å²) in [4.78, 5) is 12.2. The molecule has 0 spiro atoms. The predicted molar refractivity (Wildman–Crippen MR) is 120 cm³/mol. The van der Waals surface area contributed by atoms with Crippen molar-refractivity contribution in [3.63, 3.8) is 0 Å². The number of halogens is 1. The minimum Gasteiger partial charge on any atom is -0.497 e. The van der Waals surface area contributed by atoms with Crippen LogP contribution >= 0.6 is 0 Å². The molecule has 0 saturated carbocycles. The van der Waals surface area contributed by atoms with E-state index in [0.717, 1.165) is 0 Å². The number of rotatable bonds is 7. The molecule has 1 amide bonds. The average Bonchev–Trinajstić information content (AvgIpc) is 3.11. The lowest BCUT2D eigenvalue weighted by Crippen LogP contribution is -2.26. The largest absolute Gasteiger partial charge is 0.497 e. The van der Waals surface area contributed by atoms with E-state index >= 15 is 0 Å². The van der Waals surface area contributed by atoms with Crippen LogP contribution in [-0.4, -0.2) is 26.4 Å². The first-order valence-corrected chi connectivity index (χ1v) is 10.3. The first-order chi connectivity index (χ1) is 15.2. The molecule has 1 aliphatic rings. The number of fused-ring (bicyclic) bond motifs is 3. The van der Waals surface area contributed by atoms with E-state index in [1.807, 2.05) is 30.3 Å². The van der Waals surface area contributed by atoms with Crippen LogP contribution in [-0.2, 0) is 4.74 Å². The van der Waals surface area contributed by atoms with E-state index < -0.39 is 6.09 Å². The Kier molecular flexibility index (Phi) is 6.32. The number of hydrogen-bond donors (Lipinski definition) is 1. The van der Waals surface area contributed by atoms with Gasteiger partial charge in [-0.05, 0) is 46.4 Å². The van der Waals surface area contributed by atoms with Crippen LogP contribution in [0.2, 0.25) is 0 Å². The number of ether oxygens (including phenoxy) is 2. The summed E-state index contributed by atoms with van der Waals surface area (Å²) >= 11 is 0. The summed E-state index contributed by atoms with van der Waals surface area (Å²) in [6.45, 7) is 0.721. The number of nitrogens with one attached hydrogen (secondary N) is 1. The molecule has 0 bridgehead atoms. The third-order valence-corrected chi connectivity index (χ3v) is 5.36. The van der Waals surface area contributed by atoms with Crippen molar-refractivity contribution in [3.05, 3.63) is 95.3 Å². The summed E-state index contributed by atoms with van der Waals surface area (Å²) in [5.41, 5.74) is 5.48. The van der Waals surface area contributed by atoms with E-state index in [2.05, 4.69) is 29.6 Å². The minimum absolute atomic E-state index is 0.0426. The van der Waals surface area contributed by atoms with Crippen molar-refractivity contribution in [3.8, 4) is 16.9 Å². The molecule has 0 aliphatic heterocycles. The van der Waals surface area contributed by atoms with Crippen molar-refractivity contribution in [2.45, 2.75) is 12.3 Å². The van der Waals surface area contributed by atoms with Crippen LogP contribution in [0.1, 0.15) is 29.0 Å². The first kappa shape index (κ1) is 20.7. The van der Waals surface area contributed by atoms with Gasteiger partial charge in [-0.3, -0.25) is 0 Å². The lowest BCUT2D eigenvalue weighted by molar-refractivity contribution is 0.143. The van der Waals surface area contributed by atoms with Crippen molar-refractivity contribution < 1.29 is 18.7 Å². The molecule has 5 heteroatoms. The van der Waals surface area contributed by atoms with E-state index in [9.17, 15) is 9.18 Å². The molecular weight excluding hydrogens is 393 g/mol. The van der Waals surface area contributed by atoms with Crippen LogP contribution in [0.5, 0.6) is 5.75 Å². The second-order valence-corrected chi connectivity index (χ2v) is 7.37. The maximum absolute atomic E-state index is 13.5. The Morgan fingerprint density at radius 2 is 1.71 bits per heavy atom. The molecule has 1 aliphatic carbocycles. The normalized spacial score (nSPS) is 12.5. The Morgan fingerprint density at radius 3 is 2.39 bits per heavy atom. The summed E-state index contributed by atoms with van der Waals surface area (Å²) in [7, 11) is 1.50. The van der Waals surface area contributed by atoms with Gasteiger partial charge in [0.2, 0.25) is 0 Å². The summed E-state index contributed by atoms with van der Waals surface area (Å²) in [6, 6.07) is 21.0. The second kappa shape index (κ2) is 9.47. The van der Waals surface area contributed by atoms with Crippen molar-refractivity contribution in [2.75, 3.05) is 20.3 Å². The molecule has 158 valence electrons. The van der Waals surface area contributed by atoms with Gasteiger partial charge in [-0.15, -0.1) is 0 Å². The Morgan fingerprint density at radius 1 is 1.03 bits per heavy atom. The Labute approximate surface area is 181 Å². The fourth-order valence-corrected chi connectivity index (χ4v) is 3.92. The molecule has 4 rings (SSSR count). The van der Waals surface area contributed by atoms with Gasteiger partial charge in [0.25, 0.3) is 0 Å². The molecule has 1 N–H and O–H groups in total. The van der Waals surface area contributed by atoms with Crippen LogP contribution in [0.3, 0.4) is 0 Å². The number of carbonyl (C=O) groups is 1. The van der Waals surface area contributed by atoms with Crippen molar-refractivity contribution in [2.24, 2.45) is 0 Å². The summed E-state index contributed by atoms with van der Waals surface area (Å²) in [5, 5.41) is 2.76. The first-order valence-electron chi connectivity index (χ1n) is 10.3. The standard InChI is InChI=1S/C26H24FNO3/c1-30-20-15-18(14-19(27)16-20)8-6-7-13-28-26(29)31-17-25-23-11-4-2-9-21(23)22-10-3-5-12-24(22)25/h2-6,8-12,14-16,25H,7,13,17H2,1H3,(H,28,29). The van der Waals surface area contributed by atoms with Gasteiger partial charge in [-0.2, -0.15) is 0 Å². The molecule has 31 heavy (non-hydrogen) atoms. The van der Waals surface area contributed by atoms with Gasteiger partial charge in [0.15, 0.2) is 0 Å². The van der Waals surface area contributed by atoms with Gasteiger partial charge in [0.05, 0.1) is 7.11 Å². The van der Waals surface area contributed by atoms with E-state index in [1.165, 1.54) is 41.5 Å². The fraction of sp³-hybridized carbons (Fsp3) is 0.192. The summed E-state index contributed by atoms with van der Waals surface area (Å²) in [5.74, 6) is 0.160. The highest BCUT2D eigenvalue weighted by atomic mass is 19.1. The van der Waals surface area contributed by atoms with Gasteiger partial charge in [0, 0.05) is 18.5 Å². The number of carbonyl (C=O) groups excluding carboxylic acids is 1. The van der Waals surface area contributed by atoms with Gasteiger partial charge >= 0.3 is 6.09 Å². The number of amides is 1. The highest BCUT2D eigenvalue weighted by molar-refractivity contribution is 5.79. The maximum atomic E-state index is 13.5.